The molecule has 0 saturated carbocycles. The van der Waals surface area contributed by atoms with Crippen molar-refractivity contribution in [3.63, 3.8) is 0 Å². The number of nitrogens with one attached hydrogen (secondary N) is 1. The van der Waals surface area contributed by atoms with Gasteiger partial charge in [-0.2, -0.15) is 0 Å². The van der Waals surface area contributed by atoms with Crippen molar-refractivity contribution >= 4 is 23.0 Å². The van der Waals surface area contributed by atoms with Crippen LogP contribution in [0.4, 0.5) is 11.4 Å². The number of carbonyl (C=O) groups is 1. The smallest absolute Gasteiger partial charge is 0.236 e. The second-order valence-corrected chi connectivity index (χ2v) is 5.06. The Bertz CT molecular complexity index is 719. The Kier molecular flexibility index (Phi) is 2.39. The van der Waals surface area contributed by atoms with Crippen LogP contribution in [-0.4, -0.2) is 12.5 Å². The third-order valence-electron chi connectivity index (χ3n) is 3.83. The van der Waals surface area contributed by atoms with E-state index >= 15 is 0 Å². The lowest BCUT2D eigenvalue weighted by molar-refractivity contribution is -0.116. The predicted molar refractivity (Wildman–Crippen MR) is 80.5 cm³/mol. The summed E-state index contributed by atoms with van der Waals surface area (Å²) in [4.78, 5) is 14.3. The van der Waals surface area contributed by atoms with E-state index in [0.717, 1.165) is 34.7 Å². The zero-order valence-corrected chi connectivity index (χ0v) is 11.0. The summed E-state index contributed by atoms with van der Waals surface area (Å²) >= 11 is 0. The molecule has 1 N–H and O–H groups in total. The third kappa shape index (κ3) is 1.56. The first-order valence-corrected chi connectivity index (χ1v) is 6.79. The molecule has 2 aromatic carbocycles. The van der Waals surface area contributed by atoms with Crippen molar-refractivity contribution in [3.05, 3.63) is 65.7 Å². The highest BCUT2D eigenvalue weighted by Crippen LogP contribution is 2.42. The van der Waals surface area contributed by atoms with Crippen molar-refractivity contribution in [2.75, 3.05) is 16.8 Å². The number of nitrogens with zero attached hydrogens (tertiary/aromatic N) is 1. The normalized spacial score (nSPS) is 16.3. The van der Waals surface area contributed by atoms with Crippen LogP contribution in [-0.2, 0) is 11.2 Å². The van der Waals surface area contributed by atoms with E-state index in [9.17, 15) is 4.79 Å². The van der Waals surface area contributed by atoms with Crippen LogP contribution in [0.5, 0.6) is 0 Å². The minimum atomic E-state index is 0.145. The van der Waals surface area contributed by atoms with Gasteiger partial charge in [0, 0.05) is 6.54 Å². The first kappa shape index (κ1) is 11.3. The van der Waals surface area contributed by atoms with Gasteiger partial charge in [-0.05, 0) is 23.3 Å². The van der Waals surface area contributed by atoms with Gasteiger partial charge in [-0.15, -0.1) is 0 Å². The van der Waals surface area contributed by atoms with Gasteiger partial charge in [0.05, 0.1) is 23.5 Å². The van der Waals surface area contributed by atoms with Gasteiger partial charge in [-0.25, -0.2) is 0 Å². The maximum Gasteiger partial charge on any atom is 0.236 e. The average Bonchev–Trinajstić information content (AvgIpc) is 2.69. The molecule has 0 saturated heterocycles. The molecule has 0 fully saturated rings. The summed E-state index contributed by atoms with van der Waals surface area (Å²) < 4.78 is 0. The van der Waals surface area contributed by atoms with Crippen molar-refractivity contribution in [2.24, 2.45) is 0 Å². The second-order valence-electron chi connectivity index (χ2n) is 5.06. The van der Waals surface area contributed by atoms with Crippen LogP contribution in [0.15, 0.2) is 54.6 Å². The molecule has 2 aliphatic heterocycles. The lowest BCUT2D eigenvalue weighted by Gasteiger charge is -2.21. The van der Waals surface area contributed by atoms with E-state index in [1.165, 1.54) is 0 Å². The van der Waals surface area contributed by atoms with Crippen LogP contribution in [0.2, 0.25) is 0 Å². The zero-order chi connectivity index (χ0) is 13.5. The van der Waals surface area contributed by atoms with Crippen LogP contribution in [0.25, 0.3) is 5.70 Å². The highest BCUT2D eigenvalue weighted by molar-refractivity contribution is 6.14. The Morgan fingerprint density at radius 2 is 1.85 bits per heavy atom. The van der Waals surface area contributed by atoms with Gasteiger partial charge in [0.25, 0.3) is 0 Å². The highest BCUT2D eigenvalue weighted by Gasteiger charge is 2.33. The molecule has 0 atom stereocenters. The van der Waals surface area contributed by atoms with Crippen molar-refractivity contribution in [3.8, 4) is 0 Å². The number of hydrogen-bond donors (Lipinski definition) is 1. The molecule has 1 amide bonds. The number of para-hydroxylation sites is 1. The summed E-state index contributed by atoms with van der Waals surface area (Å²) in [6.07, 6.45) is 2.57. The summed E-state index contributed by atoms with van der Waals surface area (Å²) in [6, 6.07) is 16.2. The van der Waals surface area contributed by atoms with E-state index < -0.39 is 0 Å². The molecule has 20 heavy (non-hydrogen) atoms. The lowest BCUT2D eigenvalue weighted by atomic mass is 10.1. The molecule has 0 aliphatic carbocycles. The molecule has 0 spiro atoms. The van der Waals surface area contributed by atoms with Crippen molar-refractivity contribution in [2.45, 2.75) is 6.42 Å². The van der Waals surface area contributed by atoms with Crippen LogP contribution in [0, 0.1) is 0 Å². The lowest BCUT2D eigenvalue weighted by Crippen LogP contribution is -2.24. The minimum absolute atomic E-state index is 0.145. The molecular weight excluding hydrogens is 248 g/mol. The number of carbonyl (C=O) groups excluding carboxylic acids is 1. The summed E-state index contributed by atoms with van der Waals surface area (Å²) in [5, 5.41) is 3.39. The Morgan fingerprint density at radius 3 is 2.70 bits per heavy atom. The van der Waals surface area contributed by atoms with E-state index in [1.807, 2.05) is 53.4 Å². The van der Waals surface area contributed by atoms with Crippen molar-refractivity contribution in [1.29, 1.82) is 0 Å². The average molecular weight is 262 g/mol. The summed E-state index contributed by atoms with van der Waals surface area (Å²) in [7, 11) is 0. The first-order valence-electron chi connectivity index (χ1n) is 6.79. The number of amides is 1. The monoisotopic (exact) mass is 262 g/mol. The molecule has 0 bridgehead atoms. The molecule has 2 heterocycles. The Morgan fingerprint density at radius 1 is 1.00 bits per heavy atom. The van der Waals surface area contributed by atoms with Crippen LogP contribution < -0.4 is 10.2 Å². The molecule has 0 aromatic heterocycles. The van der Waals surface area contributed by atoms with E-state index in [4.69, 9.17) is 0 Å². The maximum atomic E-state index is 12.4. The largest absolute Gasteiger partial charge is 0.380 e. The summed E-state index contributed by atoms with van der Waals surface area (Å²) in [6.45, 7) is 0.727. The zero-order valence-electron chi connectivity index (χ0n) is 11.0. The molecule has 0 unspecified atom stereocenters. The second kappa shape index (κ2) is 4.23. The van der Waals surface area contributed by atoms with Crippen LogP contribution in [0.1, 0.15) is 11.1 Å². The maximum absolute atomic E-state index is 12.4. The molecule has 2 aliphatic rings. The summed E-state index contributed by atoms with van der Waals surface area (Å²) in [5.74, 6) is 0.145. The SMILES string of the molecule is O=C1Cc2cccc3c2N1C(c1ccccc1)=CCN3. The van der Waals surface area contributed by atoms with Gasteiger partial charge < -0.3 is 5.32 Å². The topological polar surface area (TPSA) is 32.3 Å². The van der Waals surface area contributed by atoms with Crippen LogP contribution >= 0.6 is 0 Å². The minimum Gasteiger partial charge on any atom is -0.380 e. The Balaban J connectivity index is 1.92. The van der Waals surface area contributed by atoms with Crippen LogP contribution in [0.3, 0.4) is 0 Å². The fourth-order valence-electron chi connectivity index (χ4n) is 2.97. The molecule has 3 nitrogen and oxygen atoms in total. The first-order chi connectivity index (χ1) is 9.84. The van der Waals surface area contributed by atoms with Crippen molar-refractivity contribution < 1.29 is 4.79 Å². The van der Waals surface area contributed by atoms with E-state index in [1.54, 1.807) is 0 Å². The third-order valence-corrected chi connectivity index (χ3v) is 3.83. The number of rotatable bonds is 1. The number of hydrogen-bond acceptors (Lipinski definition) is 2. The van der Waals surface area contributed by atoms with Gasteiger partial charge in [0.2, 0.25) is 5.91 Å². The van der Waals surface area contributed by atoms with E-state index in [0.29, 0.717) is 6.42 Å². The Hall–Kier alpha value is -2.55. The highest BCUT2D eigenvalue weighted by atomic mass is 16.2. The fourth-order valence-corrected chi connectivity index (χ4v) is 2.97. The predicted octanol–water partition coefficient (Wildman–Crippen LogP) is 3.04. The molecular formula is C17H14N2O. The molecule has 3 heteroatoms. The van der Waals surface area contributed by atoms with Gasteiger partial charge in [0.1, 0.15) is 0 Å². The Labute approximate surface area is 117 Å². The van der Waals surface area contributed by atoms with Crippen molar-refractivity contribution in [1.82, 2.24) is 0 Å². The molecule has 4 rings (SSSR count). The van der Waals surface area contributed by atoms with E-state index in [2.05, 4.69) is 11.4 Å². The molecule has 0 radical (unpaired) electrons. The quantitative estimate of drug-likeness (QED) is 0.856. The molecule has 98 valence electrons. The van der Waals surface area contributed by atoms with Gasteiger partial charge in [-0.1, -0.05) is 42.5 Å². The number of anilines is 2. The fraction of sp³-hybridized carbons (Fsp3) is 0.118. The van der Waals surface area contributed by atoms with Gasteiger partial charge >= 0.3 is 0 Å². The number of benzene rings is 2. The molecule has 2 aromatic rings. The standard InChI is InChI=1S/C17H14N2O/c20-16-11-13-7-4-8-14-17(13)19(16)15(9-10-18-14)12-5-2-1-3-6-12/h1-9,18H,10-11H2. The van der Waals surface area contributed by atoms with E-state index in [-0.39, 0.29) is 5.91 Å². The summed E-state index contributed by atoms with van der Waals surface area (Å²) in [5.41, 5.74) is 5.21. The van der Waals surface area contributed by atoms with Gasteiger partial charge in [-0.3, -0.25) is 9.69 Å². The van der Waals surface area contributed by atoms with Gasteiger partial charge in [0.15, 0.2) is 0 Å².